The Kier molecular flexibility index (Phi) is 6.67. The molecule has 0 aliphatic rings. The first kappa shape index (κ1) is 19.5. The fourth-order valence-corrected chi connectivity index (χ4v) is 3.10. The first-order valence-corrected chi connectivity index (χ1v) is 8.49. The molecule has 0 amide bonds. The summed E-state index contributed by atoms with van der Waals surface area (Å²) in [6, 6.07) is 4.69. The number of nitrogens with two attached hydrogens (primary N) is 1. The van der Waals surface area contributed by atoms with E-state index in [-0.39, 0.29) is 25.5 Å². The Morgan fingerprint density at radius 2 is 1.87 bits per heavy atom. The van der Waals surface area contributed by atoms with E-state index in [2.05, 4.69) is 10.2 Å². The summed E-state index contributed by atoms with van der Waals surface area (Å²) in [4.78, 5) is 0. The van der Waals surface area contributed by atoms with Gasteiger partial charge in [-0.2, -0.15) is 0 Å². The number of nitrogens with zero attached hydrogens (tertiary/aromatic N) is 2. The van der Waals surface area contributed by atoms with Crippen molar-refractivity contribution in [2.75, 3.05) is 0 Å². The van der Waals surface area contributed by atoms with Crippen LogP contribution in [-0.4, -0.2) is 18.6 Å². The van der Waals surface area contributed by atoms with Gasteiger partial charge in [-0.05, 0) is 30.0 Å². The zero-order valence-electron chi connectivity index (χ0n) is 13.7. The van der Waals surface area contributed by atoms with Gasteiger partial charge in [0.25, 0.3) is 0 Å². The van der Waals surface area contributed by atoms with Crippen molar-refractivity contribution in [3.8, 4) is 0 Å². The number of aromatic nitrogens is 2. The lowest BCUT2D eigenvalue weighted by molar-refractivity contribution is -0.00000838. The summed E-state index contributed by atoms with van der Waals surface area (Å²) in [6.45, 7) is 3.98. The fourth-order valence-electron chi connectivity index (χ4n) is 1.97. The van der Waals surface area contributed by atoms with Gasteiger partial charge in [0.15, 0.2) is 0 Å². The van der Waals surface area contributed by atoms with Gasteiger partial charge in [0.1, 0.15) is 5.82 Å². The Bertz CT molecular complexity index is 738. The Morgan fingerprint density at radius 1 is 1.26 bits per heavy atom. The molecule has 0 saturated carbocycles. The summed E-state index contributed by atoms with van der Waals surface area (Å²) in [6.07, 6.45) is 0.611. The normalized spacial score (nSPS) is 12.9. The van der Waals surface area contributed by atoms with Crippen molar-refractivity contribution >= 4 is 9.84 Å². The van der Waals surface area contributed by atoms with Gasteiger partial charge in [0.2, 0.25) is 15.7 Å². The van der Waals surface area contributed by atoms with E-state index in [0.29, 0.717) is 17.9 Å². The number of halogens is 2. The topological polar surface area (TPSA) is 99.1 Å². The average molecular weight is 364 g/mol. The molecule has 23 heavy (non-hydrogen) atoms. The maximum absolute atomic E-state index is 12.8. The number of rotatable bonds is 6. The highest BCUT2D eigenvalue weighted by molar-refractivity contribution is 7.90. The predicted molar refractivity (Wildman–Crippen MR) is 79.1 cm³/mol. The molecule has 1 aromatic heterocycles. The molecule has 1 aromatic carbocycles. The average Bonchev–Trinajstić information content (AvgIpc) is 2.91. The summed E-state index contributed by atoms with van der Waals surface area (Å²) in [5.41, 5.74) is 6.33. The number of hydrogen-bond donors (Lipinski definition) is 1. The van der Waals surface area contributed by atoms with Crippen molar-refractivity contribution in [3.63, 3.8) is 0 Å². The van der Waals surface area contributed by atoms with Gasteiger partial charge in [-0.15, -0.1) is 5.10 Å². The third-order valence-electron chi connectivity index (χ3n) is 3.00. The second-order valence-corrected chi connectivity index (χ2v) is 7.40. The molecule has 9 heteroatoms. The molecule has 2 aromatic rings. The first-order chi connectivity index (χ1) is 10.3. The van der Waals surface area contributed by atoms with E-state index in [1.807, 2.05) is 13.8 Å². The van der Waals surface area contributed by atoms with Gasteiger partial charge >= 0.3 is 6.65 Å². The number of hydrogen-bond acceptors (Lipinski definition) is 6. The molecular weight excluding hydrogens is 345 g/mol. The monoisotopic (exact) mass is 363 g/mol. The Morgan fingerprint density at radius 3 is 2.43 bits per heavy atom. The molecule has 0 aliphatic carbocycles. The largest absolute Gasteiger partial charge is 1.00 e. The van der Waals surface area contributed by atoms with Gasteiger partial charge in [-0.3, -0.25) is 0 Å². The van der Waals surface area contributed by atoms with E-state index in [1.165, 1.54) is 24.3 Å². The lowest BCUT2D eigenvalue weighted by atomic mass is 10.1. The minimum atomic E-state index is -3.79. The van der Waals surface area contributed by atoms with Crippen LogP contribution in [0.2, 0.25) is 0 Å². The van der Waals surface area contributed by atoms with E-state index in [4.69, 9.17) is 10.2 Å². The van der Waals surface area contributed by atoms with Crippen LogP contribution in [0.1, 0.15) is 39.2 Å². The van der Waals surface area contributed by atoms with Gasteiger partial charge in [0, 0.05) is 0 Å². The Hall–Kier alpha value is -1.51. The van der Waals surface area contributed by atoms with E-state index in [1.54, 1.807) is 0 Å². The predicted octanol–water partition coefficient (Wildman–Crippen LogP) is -0.655. The van der Waals surface area contributed by atoms with Crippen LogP contribution in [0.25, 0.3) is 0 Å². The highest BCUT2D eigenvalue weighted by atomic mass is 35.5. The van der Waals surface area contributed by atoms with Crippen molar-refractivity contribution in [2.45, 2.75) is 37.3 Å². The Labute approximate surface area is 142 Å². The van der Waals surface area contributed by atoms with Crippen LogP contribution >= 0.6 is 0 Å². The van der Waals surface area contributed by atoms with Crippen molar-refractivity contribution in [1.29, 1.82) is 0 Å². The zero-order valence-corrected chi connectivity index (χ0v) is 14.3. The minimum Gasteiger partial charge on any atom is -1.00 e. The molecule has 0 aliphatic heterocycles. The fraction of sp³-hybridized carbons (Fsp3) is 0.429. The molecule has 0 bridgehead atoms. The maximum Gasteiger partial charge on any atom is 1.00 e. The molecule has 128 valence electrons. The third kappa shape index (κ3) is 5.26. The molecule has 2 rings (SSSR count). The van der Waals surface area contributed by atoms with E-state index in [0.717, 1.165) is 0 Å². The molecule has 0 saturated heterocycles. The molecule has 1 heterocycles. The molecular formula is C14H19ClFN3O3S. The highest BCUT2D eigenvalue weighted by Crippen LogP contribution is 2.21. The molecule has 2 N–H and O–H groups in total. The van der Waals surface area contributed by atoms with Crippen LogP contribution in [0.5, 0.6) is 0 Å². The van der Waals surface area contributed by atoms with Crippen molar-refractivity contribution in [2.24, 2.45) is 11.7 Å². The number of benzene rings is 1. The van der Waals surface area contributed by atoms with E-state index in [9.17, 15) is 12.8 Å². The quantitative estimate of drug-likeness (QED) is 0.732. The Balaban J connectivity index is 0.00000264. The minimum absolute atomic E-state index is 0. The summed E-state index contributed by atoms with van der Waals surface area (Å²) in [5, 5.41) is 6.81. The van der Waals surface area contributed by atoms with Gasteiger partial charge < -0.3 is 22.6 Å². The van der Waals surface area contributed by atoms with Crippen LogP contribution in [0.4, 0.5) is 4.39 Å². The molecule has 6 nitrogen and oxygen atoms in total. The molecule has 0 fully saturated rings. The standard InChI is InChI=1S/C14H18FN3O3S.ClH/c1-9(2)7-12(16)13-17-18-14(21-13)22(19,20)8-10-3-5-11(15)6-4-10;/h3-6,9,12H,7-8,16H2,1-2H3;1H/t12-;/m0./s1. The molecule has 0 spiro atoms. The van der Waals surface area contributed by atoms with E-state index < -0.39 is 26.9 Å². The summed E-state index contributed by atoms with van der Waals surface area (Å²) in [5.74, 6) is -0.345. The van der Waals surface area contributed by atoms with Crippen molar-refractivity contribution in [3.05, 3.63) is 41.5 Å². The summed E-state index contributed by atoms with van der Waals surface area (Å²) < 4.78 is 42.5. The number of sulfone groups is 1. The summed E-state index contributed by atoms with van der Waals surface area (Å²) in [7, 11) is -3.79. The first-order valence-electron chi connectivity index (χ1n) is 6.84. The van der Waals surface area contributed by atoms with Crippen LogP contribution in [0.3, 0.4) is 0 Å². The lowest BCUT2D eigenvalue weighted by Crippen LogP contribution is -3.00. The van der Waals surface area contributed by atoms with Crippen molar-refractivity contribution < 1.29 is 31.1 Å². The molecule has 1 atom stereocenters. The van der Waals surface area contributed by atoms with Gasteiger partial charge in [-0.1, -0.05) is 31.1 Å². The van der Waals surface area contributed by atoms with Gasteiger partial charge in [-0.25, -0.2) is 12.8 Å². The van der Waals surface area contributed by atoms with E-state index >= 15 is 0 Å². The second kappa shape index (κ2) is 7.85. The maximum atomic E-state index is 12.8. The zero-order chi connectivity index (χ0) is 16.3. The van der Waals surface area contributed by atoms with Crippen molar-refractivity contribution in [1.82, 2.24) is 10.2 Å². The second-order valence-electron chi connectivity index (χ2n) is 5.53. The third-order valence-corrected chi connectivity index (χ3v) is 4.41. The highest BCUT2D eigenvalue weighted by Gasteiger charge is 2.25. The van der Waals surface area contributed by atoms with Crippen LogP contribution < -0.4 is 18.1 Å². The van der Waals surface area contributed by atoms with Crippen LogP contribution in [0, 0.1) is 11.7 Å². The lowest BCUT2D eigenvalue weighted by Gasteiger charge is -2.08. The van der Waals surface area contributed by atoms with Crippen LogP contribution in [-0.2, 0) is 15.6 Å². The smallest absolute Gasteiger partial charge is 1.00 e. The van der Waals surface area contributed by atoms with Gasteiger partial charge in [0.05, 0.1) is 11.8 Å². The molecule has 0 radical (unpaired) electrons. The van der Waals surface area contributed by atoms with Crippen LogP contribution in [0.15, 0.2) is 33.9 Å². The SMILES string of the molecule is CC(C)C[C@H](N)c1nnc(S(=O)(=O)Cc2ccc(F)cc2)o1.[Cl-].[H+]. The summed E-state index contributed by atoms with van der Waals surface area (Å²) >= 11 is 0. The molecule has 0 unspecified atom stereocenters.